The summed E-state index contributed by atoms with van der Waals surface area (Å²) in [6, 6.07) is 9.27. The lowest BCUT2D eigenvalue weighted by atomic mass is 9.80. The minimum Gasteiger partial charge on any atom is -0.493 e. The topological polar surface area (TPSA) is 78.8 Å². The summed E-state index contributed by atoms with van der Waals surface area (Å²) >= 11 is 0. The third-order valence-electron chi connectivity index (χ3n) is 7.85. The Labute approximate surface area is 218 Å². The first-order chi connectivity index (χ1) is 17.8. The number of carbonyl (C=O) groups is 1. The Kier molecular flexibility index (Phi) is 6.94. The van der Waals surface area contributed by atoms with Crippen LogP contribution < -0.4 is 4.74 Å². The lowest BCUT2D eigenvalue weighted by Crippen LogP contribution is -2.43. The van der Waals surface area contributed by atoms with E-state index in [1.165, 1.54) is 16.5 Å². The Balaban J connectivity index is 1.43. The molecule has 0 aliphatic heterocycles. The summed E-state index contributed by atoms with van der Waals surface area (Å²) in [7, 11) is 7.52. The van der Waals surface area contributed by atoms with Crippen LogP contribution in [0.1, 0.15) is 62.5 Å². The minimum atomic E-state index is 0.206. The second-order valence-electron chi connectivity index (χ2n) is 10.9. The number of ether oxygens (including phenoxy) is 1. The second-order valence-corrected chi connectivity index (χ2v) is 10.9. The molecule has 1 aliphatic rings. The molecule has 4 aromatic rings. The number of fused-ring (bicyclic) bond motifs is 2. The van der Waals surface area contributed by atoms with Crippen molar-refractivity contribution in [1.82, 2.24) is 29.4 Å². The number of likely N-dealkylation sites (N-methyl/N-ethyl adjacent to an activating group) is 2. The van der Waals surface area contributed by atoms with E-state index in [0.717, 1.165) is 42.5 Å². The molecule has 1 fully saturated rings. The number of nitrogens with zero attached hydrogens (tertiary/aromatic N) is 5. The van der Waals surface area contributed by atoms with Gasteiger partial charge in [0, 0.05) is 35.8 Å². The number of amides is 1. The van der Waals surface area contributed by atoms with Gasteiger partial charge in [0.15, 0.2) is 11.4 Å². The molecule has 1 aliphatic carbocycles. The SMILES string of the molecule is COc1cc(-c2[nH]c3ccc(C4CCC(N(C)C(=O)CN(C)C)CC4)cc3c2C(C)C)cn2ncnc12. The van der Waals surface area contributed by atoms with Crippen LogP contribution in [0.3, 0.4) is 0 Å². The maximum atomic E-state index is 12.5. The molecule has 5 rings (SSSR count). The number of benzene rings is 1. The summed E-state index contributed by atoms with van der Waals surface area (Å²) in [5.74, 6) is 1.76. The highest BCUT2D eigenvalue weighted by Gasteiger charge is 2.28. The molecule has 0 radical (unpaired) electrons. The average molecular weight is 503 g/mol. The highest BCUT2D eigenvalue weighted by Crippen LogP contribution is 2.40. The molecule has 37 heavy (non-hydrogen) atoms. The number of aromatic amines is 1. The number of rotatable bonds is 7. The van der Waals surface area contributed by atoms with Gasteiger partial charge >= 0.3 is 0 Å². The third kappa shape index (κ3) is 4.82. The Morgan fingerprint density at radius 3 is 2.59 bits per heavy atom. The number of hydrogen-bond acceptors (Lipinski definition) is 5. The van der Waals surface area contributed by atoms with Crippen molar-refractivity contribution < 1.29 is 9.53 Å². The van der Waals surface area contributed by atoms with Gasteiger partial charge in [0.05, 0.1) is 19.3 Å². The lowest BCUT2D eigenvalue weighted by Gasteiger charge is -2.35. The van der Waals surface area contributed by atoms with Gasteiger partial charge in [-0.2, -0.15) is 5.10 Å². The van der Waals surface area contributed by atoms with E-state index in [4.69, 9.17) is 4.74 Å². The van der Waals surface area contributed by atoms with Gasteiger partial charge < -0.3 is 19.5 Å². The monoisotopic (exact) mass is 502 g/mol. The van der Waals surface area contributed by atoms with Crippen LogP contribution in [0, 0.1) is 0 Å². The summed E-state index contributed by atoms with van der Waals surface area (Å²) in [6.45, 7) is 4.96. The zero-order valence-corrected chi connectivity index (χ0v) is 22.8. The Morgan fingerprint density at radius 1 is 1.16 bits per heavy atom. The predicted octanol–water partition coefficient (Wildman–Crippen LogP) is 5.06. The van der Waals surface area contributed by atoms with E-state index >= 15 is 0 Å². The molecule has 1 amide bonds. The summed E-state index contributed by atoms with van der Waals surface area (Å²) in [5, 5.41) is 5.62. The predicted molar refractivity (Wildman–Crippen MR) is 147 cm³/mol. The zero-order chi connectivity index (χ0) is 26.3. The molecule has 196 valence electrons. The van der Waals surface area contributed by atoms with Crippen molar-refractivity contribution in [2.24, 2.45) is 0 Å². The maximum absolute atomic E-state index is 12.5. The number of carbonyl (C=O) groups excluding carboxylic acids is 1. The fourth-order valence-electron chi connectivity index (χ4n) is 5.88. The van der Waals surface area contributed by atoms with Gasteiger partial charge in [-0.3, -0.25) is 4.79 Å². The number of hydrogen-bond donors (Lipinski definition) is 1. The highest BCUT2D eigenvalue weighted by atomic mass is 16.5. The van der Waals surface area contributed by atoms with Crippen molar-refractivity contribution in [3.63, 3.8) is 0 Å². The van der Waals surface area contributed by atoms with Gasteiger partial charge in [-0.05, 0) is 80.9 Å². The van der Waals surface area contributed by atoms with E-state index in [0.29, 0.717) is 35.8 Å². The summed E-state index contributed by atoms with van der Waals surface area (Å²) in [6.07, 6.45) is 7.86. The Hall–Kier alpha value is -3.39. The van der Waals surface area contributed by atoms with E-state index in [-0.39, 0.29) is 5.91 Å². The van der Waals surface area contributed by atoms with Gasteiger partial charge in [0.2, 0.25) is 5.91 Å². The van der Waals surface area contributed by atoms with Gasteiger partial charge in [0.1, 0.15) is 6.33 Å². The van der Waals surface area contributed by atoms with Crippen LogP contribution in [0.5, 0.6) is 5.75 Å². The van der Waals surface area contributed by atoms with Crippen molar-refractivity contribution in [2.45, 2.75) is 57.4 Å². The van der Waals surface area contributed by atoms with Gasteiger partial charge in [-0.1, -0.05) is 19.9 Å². The van der Waals surface area contributed by atoms with Gasteiger partial charge in [0.25, 0.3) is 0 Å². The van der Waals surface area contributed by atoms with Gasteiger partial charge in [-0.25, -0.2) is 9.50 Å². The zero-order valence-electron chi connectivity index (χ0n) is 22.8. The van der Waals surface area contributed by atoms with Crippen LogP contribution >= 0.6 is 0 Å². The first-order valence-electron chi connectivity index (χ1n) is 13.2. The molecular weight excluding hydrogens is 464 g/mol. The third-order valence-corrected chi connectivity index (χ3v) is 7.85. The standard InChI is InChI=1S/C29H38N6O2/c1-18(2)27-23-13-20(19-7-10-22(11-8-19)34(5)26(36)16-33(3)4)9-12-24(23)32-28(27)21-14-25(37-6)29-30-17-31-35(29)15-21/h9,12-15,17-19,22,32H,7-8,10-11,16H2,1-6H3. The van der Waals surface area contributed by atoms with Crippen LogP contribution in [-0.4, -0.2) is 76.1 Å². The van der Waals surface area contributed by atoms with Crippen molar-refractivity contribution in [2.75, 3.05) is 34.8 Å². The number of nitrogens with one attached hydrogen (secondary N) is 1. The number of pyridine rings is 1. The van der Waals surface area contributed by atoms with E-state index in [2.05, 4.69) is 47.1 Å². The molecule has 0 unspecified atom stereocenters. The Morgan fingerprint density at radius 2 is 1.92 bits per heavy atom. The Bertz CT molecular complexity index is 1410. The molecular formula is C29H38N6O2. The van der Waals surface area contributed by atoms with Crippen molar-refractivity contribution in [3.8, 4) is 17.0 Å². The number of methoxy groups -OCH3 is 1. The molecule has 3 heterocycles. The largest absolute Gasteiger partial charge is 0.493 e. The fourth-order valence-corrected chi connectivity index (χ4v) is 5.88. The van der Waals surface area contributed by atoms with E-state index < -0.39 is 0 Å². The maximum Gasteiger partial charge on any atom is 0.236 e. The van der Waals surface area contributed by atoms with Crippen LogP contribution in [0.2, 0.25) is 0 Å². The molecule has 0 spiro atoms. The van der Waals surface area contributed by atoms with Crippen LogP contribution in [0.15, 0.2) is 36.8 Å². The minimum absolute atomic E-state index is 0.206. The molecule has 3 aromatic heterocycles. The van der Waals surface area contributed by atoms with Crippen LogP contribution in [-0.2, 0) is 4.79 Å². The molecule has 8 heteroatoms. The smallest absolute Gasteiger partial charge is 0.236 e. The fraction of sp³-hybridized carbons (Fsp3) is 0.483. The van der Waals surface area contributed by atoms with E-state index in [9.17, 15) is 4.79 Å². The van der Waals surface area contributed by atoms with Crippen LogP contribution in [0.25, 0.3) is 27.8 Å². The molecule has 8 nitrogen and oxygen atoms in total. The number of H-pyrrole nitrogens is 1. The number of aromatic nitrogens is 4. The summed E-state index contributed by atoms with van der Waals surface area (Å²) < 4.78 is 7.39. The van der Waals surface area contributed by atoms with Crippen molar-refractivity contribution >= 4 is 22.5 Å². The molecule has 1 saturated carbocycles. The molecule has 1 N–H and O–H groups in total. The first-order valence-corrected chi connectivity index (χ1v) is 13.2. The average Bonchev–Trinajstić information content (AvgIpc) is 3.51. The van der Waals surface area contributed by atoms with Crippen molar-refractivity contribution in [1.29, 1.82) is 0 Å². The van der Waals surface area contributed by atoms with E-state index in [1.807, 2.05) is 43.2 Å². The van der Waals surface area contributed by atoms with E-state index in [1.54, 1.807) is 18.0 Å². The quantitative estimate of drug-likeness (QED) is 0.382. The van der Waals surface area contributed by atoms with Gasteiger partial charge in [-0.15, -0.1) is 0 Å². The molecule has 0 bridgehead atoms. The molecule has 0 atom stereocenters. The molecule has 0 saturated heterocycles. The van der Waals surface area contributed by atoms with Crippen LogP contribution in [0.4, 0.5) is 0 Å². The lowest BCUT2D eigenvalue weighted by molar-refractivity contribution is -0.133. The summed E-state index contributed by atoms with van der Waals surface area (Å²) in [4.78, 5) is 24.4. The molecule has 1 aromatic carbocycles. The van der Waals surface area contributed by atoms with Crippen molar-refractivity contribution in [3.05, 3.63) is 47.9 Å². The summed E-state index contributed by atoms with van der Waals surface area (Å²) in [5.41, 5.74) is 6.68. The normalized spacial score (nSPS) is 18.3. The highest BCUT2D eigenvalue weighted by molar-refractivity contribution is 5.92. The second kappa shape index (κ2) is 10.2. The first kappa shape index (κ1) is 25.3.